The fourth-order valence-corrected chi connectivity index (χ4v) is 3.86. The van der Waals surface area contributed by atoms with Crippen molar-refractivity contribution in [1.82, 2.24) is 0 Å². The molecule has 1 aliphatic carbocycles. The highest BCUT2D eigenvalue weighted by Crippen LogP contribution is 2.42. The minimum Gasteiger partial charge on any atom is -0.496 e. The van der Waals surface area contributed by atoms with Crippen LogP contribution in [0.4, 0.5) is 0 Å². The molecule has 1 heterocycles. The Labute approximate surface area is 126 Å². The van der Waals surface area contributed by atoms with Crippen LogP contribution >= 0.6 is 0 Å². The molecule has 1 aliphatic heterocycles. The van der Waals surface area contributed by atoms with Crippen LogP contribution in [0.25, 0.3) is 0 Å². The molecule has 1 unspecified atom stereocenters. The van der Waals surface area contributed by atoms with Crippen LogP contribution in [0, 0.1) is 5.92 Å². The van der Waals surface area contributed by atoms with Gasteiger partial charge in [-0.3, -0.25) is 4.79 Å². The lowest BCUT2D eigenvalue weighted by Gasteiger charge is -2.43. The summed E-state index contributed by atoms with van der Waals surface area (Å²) >= 11 is 0. The zero-order valence-corrected chi connectivity index (χ0v) is 12.8. The average molecular weight is 288 g/mol. The van der Waals surface area contributed by atoms with E-state index in [4.69, 9.17) is 9.47 Å². The van der Waals surface area contributed by atoms with Gasteiger partial charge in [-0.05, 0) is 37.8 Å². The summed E-state index contributed by atoms with van der Waals surface area (Å²) in [7, 11) is 1.62. The predicted octanol–water partition coefficient (Wildman–Crippen LogP) is 4.01. The summed E-state index contributed by atoms with van der Waals surface area (Å²) in [6, 6.07) is 7.56. The van der Waals surface area contributed by atoms with Crippen molar-refractivity contribution < 1.29 is 14.3 Å². The standard InChI is InChI=1S/C18H24O3/c1-20-16-8-4-3-7-15(16)17(19)14-9-12-21-18(13-14)10-5-2-6-11-18/h3-4,7-8,14H,2,5-6,9-13H2,1H3. The number of ether oxygens (including phenoxy) is 2. The fraction of sp³-hybridized carbons (Fsp3) is 0.611. The molecule has 1 saturated carbocycles. The van der Waals surface area contributed by atoms with E-state index >= 15 is 0 Å². The minimum atomic E-state index is -0.0289. The van der Waals surface area contributed by atoms with E-state index in [1.165, 1.54) is 19.3 Å². The zero-order valence-electron chi connectivity index (χ0n) is 12.8. The Bertz CT molecular complexity index is 497. The van der Waals surface area contributed by atoms with E-state index in [9.17, 15) is 4.79 Å². The molecular formula is C18H24O3. The predicted molar refractivity (Wildman–Crippen MR) is 81.8 cm³/mol. The van der Waals surface area contributed by atoms with Crippen LogP contribution in [0.2, 0.25) is 0 Å². The van der Waals surface area contributed by atoms with Crippen LogP contribution in [0.15, 0.2) is 24.3 Å². The van der Waals surface area contributed by atoms with Gasteiger partial charge in [-0.2, -0.15) is 0 Å². The smallest absolute Gasteiger partial charge is 0.169 e. The first-order chi connectivity index (χ1) is 10.2. The molecule has 0 N–H and O–H groups in total. The summed E-state index contributed by atoms with van der Waals surface area (Å²) in [5, 5.41) is 0. The Kier molecular flexibility index (Phi) is 4.29. The quantitative estimate of drug-likeness (QED) is 0.788. The van der Waals surface area contributed by atoms with Gasteiger partial charge in [0.15, 0.2) is 5.78 Å². The van der Waals surface area contributed by atoms with E-state index in [1.807, 2.05) is 24.3 Å². The highest BCUT2D eigenvalue weighted by molar-refractivity contribution is 6.00. The van der Waals surface area contributed by atoms with Crippen LogP contribution in [0.1, 0.15) is 55.3 Å². The van der Waals surface area contributed by atoms with E-state index in [1.54, 1.807) is 7.11 Å². The molecule has 3 heteroatoms. The monoisotopic (exact) mass is 288 g/mol. The van der Waals surface area contributed by atoms with Crippen molar-refractivity contribution in [3.8, 4) is 5.75 Å². The number of methoxy groups -OCH3 is 1. The van der Waals surface area contributed by atoms with Crippen LogP contribution in [-0.2, 0) is 4.74 Å². The Morgan fingerprint density at radius 3 is 2.76 bits per heavy atom. The highest BCUT2D eigenvalue weighted by Gasteiger charge is 2.41. The van der Waals surface area contributed by atoms with Gasteiger partial charge in [0.05, 0.1) is 18.3 Å². The molecule has 0 amide bonds. The van der Waals surface area contributed by atoms with Gasteiger partial charge in [0, 0.05) is 12.5 Å². The zero-order chi connectivity index (χ0) is 14.7. The van der Waals surface area contributed by atoms with Crippen molar-refractivity contribution in [1.29, 1.82) is 0 Å². The van der Waals surface area contributed by atoms with E-state index in [2.05, 4.69) is 0 Å². The van der Waals surface area contributed by atoms with Gasteiger partial charge in [-0.15, -0.1) is 0 Å². The number of hydrogen-bond acceptors (Lipinski definition) is 3. The van der Waals surface area contributed by atoms with Crippen molar-refractivity contribution in [2.24, 2.45) is 5.92 Å². The Morgan fingerprint density at radius 2 is 2.00 bits per heavy atom. The fourth-order valence-electron chi connectivity index (χ4n) is 3.86. The molecule has 3 rings (SSSR count). The van der Waals surface area contributed by atoms with Crippen LogP contribution < -0.4 is 4.74 Å². The first-order valence-electron chi connectivity index (χ1n) is 8.05. The molecular weight excluding hydrogens is 264 g/mol. The van der Waals surface area contributed by atoms with Crippen molar-refractivity contribution in [2.45, 2.75) is 50.5 Å². The van der Waals surface area contributed by atoms with Gasteiger partial charge in [-0.25, -0.2) is 0 Å². The molecule has 1 spiro atoms. The molecule has 1 aromatic carbocycles. The minimum absolute atomic E-state index is 0.0289. The number of rotatable bonds is 3. The third-order valence-electron chi connectivity index (χ3n) is 5.00. The lowest BCUT2D eigenvalue weighted by atomic mass is 9.74. The Morgan fingerprint density at radius 1 is 1.24 bits per heavy atom. The number of carbonyl (C=O) groups excluding carboxylic acids is 1. The average Bonchev–Trinajstić information content (AvgIpc) is 2.55. The molecule has 2 aliphatic rings. The lowest BCUT2D eigenvalue weighted by Crippen LogP contribution is -2.43. The molecule has 114 valence electrons. The molecule has 1 aromatic rings. The van der Waals surface area contributed by atoms with E-state index in [-0.39, 0.29) is 17.3 Å². The van der Waals surface area contributed by atoms with Crippen molar-refractivity contribution >= 4 is 5.78 Å². The van der Waals surface area contributed by atoms with E-state index in [0.717, 1.165) is 31.2 Å². The summed E-state index contributed by atoms with van der Waals surface area (Å²) in [5.41, 5.74) is 0.691. The van der Waals surface area contributed by atoms with Crippen LogP contribution in [-0.4, -0.2) is 25.1 Å². The summed E-state index contributed by atoms with van der Waals surface area (Å²) in [4.78, 5) is 12.9. The van der Waals surface area contributed by atoms with Gasteiger partial charge in [-0.1, -0.05) is 31.4 Å². The largest absolute Gasteiger partial charge is 0.496 e. The van der Waals surface area contributed by atoms with Crippen molar-refractivity contribution in [2.75, 3.05) is 13.7 Å². The van der Waals surface area contributed by atoms with Crippen molar-refractivity contribution in [3.63, 3.8) is 0 Å². The summed E-state index contributed by atoms with van der Waals surface area (Å²) < 4.78 is 11.4. The van der Waals surface area contributed by atoms with Gasteiger partial charge in [0.2, 0.25) is 0 Å². The van der Waals surface area contributed by atoms with Crippen LogP contribution in [0.5, 0.6) is 5.75 Å². The van der Waals surface area contributed by atoms with Crippen molar-refractivity contribution in [3.05, 3.63) is 29.8 Å². The van der Waals surface area contributed by atoms with Gasteiger partial charge in [0.25, 0.3) is 0 Å². The number of carbonyl (C=O) groups is 1. The second kappa shape index (κ2) is 6.18. The van der Waals surface area contributed by atoms with Gasteiger partial charge >= 0.3 is 0 Å². The molecule has 1 atom stereocenters. The number of benzene rings is 1. The maximum atomic E-state index is 12.9. The molecule has 1 saturated heterocycles. The van der Waals surface area contributed by atoms with Gasteiger partial charge in [0.1, 0.15) is 5.75 Å². The lowest BCUT2D eigenvalue weighted by molar-refractivity contribution is -0.111. The molecule has 0 aromatic heterocycles. The number of ketones is 1. The normalized spacial score (nSPS) is 24.7. The second-order valence-electron chi connectivity index (χ2n) is 6.35. The van der Waals surface area contributed by atoms with E-state index in [0.29, 0.717) is 12.4 Å². The van der Waals surface area contributed by atoms with E-state index < -0.39 is 0 Å². The Balaban J connectivity index is 1.78. The summed E-state index contributed by atoms with van der Waals surface area (Å²) in [6.07, 6.45) is 7.70. The molecule has 21 heavy (non-hydrogen) atoms. The maximum Gasteiger partial charge on any atom is 0.169 e. The number of para-hydroxylation sites is 1. The summed E-state index contributed by atoms with van der Waals surface area (Å²) in [6.45, 7) is 0.714. The SMILES string of the molecule is COc1ccccc1C(=O)C1CCOC2(CCCCC2)C1. The number of Topliss-reactive ketones (excluding diaryl/α,β-unsaturated/α-hetero) is 1. The number of hydrogen-bond donors (Lipinski definition) is 0. The second-order valence-corrected chi connectivity index (χ2v) is 6.35. The first-order valence-corrected chi connectivity index (χ1v) is 8.05. The topological polar surface area (TPSA) is 35.5 Å². The third kappa shape index (κ3) is 2.98. The molecule has 2 fully saturated rings. The maximum absolute atomic E-state index is 12.9. The van der Waals surface area contributed by atoms with Gasteiger partial charge < -0.3 is 9.47 Å². The third-order valence-corrected chi connectivity index (χ3v) is 5.00. The first kappa shape index (κ1) is 14.6. The Hall–Kier alpha value is -1.35. The molecule has 3 nitrogen and oxygen atoms in total. The molecule has 0 bridgehead atoms. The summed E-state index contributed by atoms with van der Waals surface area (Å²) in [5.74, 6) is 0.987. The molecule has 0 radical (unpaired) electrons. The highest BCUT2D eigenvalue weighted by atomic mass is 16.5. The van der Waals surface area contributed by atoms with Crippen LogP contribution in [0.3, 0.4) is 0 Å².